The van der Waals surface area contributed by atoms with E-state index in [1.165, 1.54) is 5.57 Å². The average molecular weight is 777 g/mol. The van der Waals surface area contributed by atoms with Gasteiger partial charge in [0, 0.05) is 12.0 Å². The van der Waals surface area contributed by atoms with Crippen LogP contribution < -0.4 is 9.47 Å². The van der Waals surface area contributed by atoms with Gasteiger partial charge in [-0.2, -0.15) is 0 Å². The Labute approximate surface area is 322 Å². The second kappa shape index (κ2) is 15.9. The minimum Gasteiger partial charge on any atom is -0.497 e. The van der Waals surface area contributed by atoms with E-state index < -0.39 is 74.6 Å². The number of fused-ring (bicyclic) bond motifs is 5. The quantitative estimate of drug-likeness (QED) is 0.168. The van der Waals surface area contributed by atoms with Gasteiger partial charge in [-0.25, -0.2) is 0 Å². The lowest BCUT2D eigenvalue weighted by molar-refractivity contribution is -0.363. The lowest BCUT2D eigenvalue weighted by Crippen LogP contribution is -2.65. The van der Waals surface area contributed by atoms with Gasteiger partial charge in [0.1, 0.15) is 66.1 Å². The number of ether oxygens (including phenoxy) is 6. The molecule has 5 fully saturated rings. The number of carbonyl (C=O) groups excluding carboxylic acids is 1. The molecule has 7 rings (SSSR count). The molecule has 0 radical (unpaired) electrons. The fraction of sp³-hybridized carbons (Fsp3) is 0.780. The zero-order valence-corrected chi connectivity index (χ0v) is 32.4. The van der Waals surface area contributed by atoms with Crippen molar-refractivity contribution in [2.45, 2.75) is 139 Å². The van der Waals surface area contributed by atoms with Crippen molar-refractivity contribution in [1.29, 1.82) is 0 Å². The summed E-state index contributed by atoms with van der Waals surface area (Å²) in [4.78, 5) is 13.5. The predicted octanol–water partition coefficient (Wildman–Crippen LogP) is 1.57. The Balaban J connectivity index is 1.04. The van der Waals surface area contributed by atoms with E-state index in [0.717, 1.165) is 49.2 Å². The van der Waals surface area contributed by atoms with E-state index in [1.54, 1.807) is 21.1 Å². The number of Topliss-reactive ketones (excluding diaryl/α,β-unsaturated/α-hetero) is 1. The third-order valence-electron chi connectivity index (χ3n) is 14.7. The van der Waals surface area contributed by atoms with Crippen molar-refractivity contribution in [3.05, 3.63) is 35.4 Å². The first-order chi connectivity index (χ1) is 26.2. The molecular formula is C41H60O14. The van der Waals surface area contributed by atoms with Crippen LogP contribution in [-0.2, 0) is 23.7 Å². The van der Waals surface area contributed by atoms with E-state index in [4.69, 9.17) is 28.4 Å². The van der Waals surface area contributed by atoms with Crippen molar-refractivity contribution >= 4 is 5.78 Å². The summed E-state index contributed by atoms with van der Waals surface area (Å²) < 4.78 is 34.7. The Morgan fingerprint density at radius 2 is 1.53 bits per heavy atom. The lowest BCUT2D eigenvalue weighted by atomic mass is 9.47. The van der Waals surface area contributed by atoms with Gasteiger partial charge >= 0.3 is 0 Å². The van der Waals surface area contributed by atoms with Crippen LogP contribution in [-0.4, -0.2) is 136 Å². The van der Waals surface area contributed by atoms with Crippen LogP contribution >= 0.6 is 0 Å². The third kappa shape index (κ3) is 6.96. The summed E-state index contributed by atoms with van der Waals surface area (Å²) in [5, 5.41) is 72.8. The smallest absolute Gasteiger partial charge is 0.187 e. The van der Waals surface area contributed by atoms with Gasteiger partial charge in [0.25, 0.3) is 0 Å². The molecule has 2 saturated heterocycles. The zero-order valence-electron chi connectivity index (χ0n) is 32.4. The fourth-order valence-electron chi connectivity index (χ4n) is 11.8. The monoisotopic (exact) mass is 776 g/mol. The summed E-state index contributed by atoms with van der Waals surface area (Å²) in [5.74, 6) is 2.88. The van der Waals surface area contributed by atoms with Gasteiger partial charge in [0.15, 0.2) is 12.6 Å². The maximum absolute atomic E-state index is 13.5. The largest absolute Gasteiger partial charge is 0.497 e. The molecule has 0 spiro atoms. The number of methoxy groups -OCH3 is 2. The summed E-state index contributed by atoms with van der Waals surface area (Å²) >= 11 is 0. The van der Waals surface area contributed by atoms with Crippen LogP contribution in [0.25, 0.3) is 0 Å². The van der Waals surface area contributed by atoms with Crippen LogP contribution in [0.1, 0.15) is 77.2 Å². The second-order valence-corrected chi connectivity index (χ2v) is 17.3. The molecule has 14 heteroatoms. The summed E-state index contributed by atoms with van der Waals surface area (Å²) in [6, 6.07) is 5.94. The summed E-state index contributed by atoms with van der Waals surface area (Å²) in [6.45, 7) is 5.16. The van der Waals surface area contributed by atoms with E-state index in [1.807, 2.05) is 12.1 Å². The van der Waals surface area contributed by atoms with E-state index in [-0.39, 0.29) is 34.6 Å². The summed E-state index contributed by atoms with van der Waals surface area (Å²) in [5.41, 5.74) is 2.19. The molecule has 2 aliphatic heterocycles. The zero-order chi connectivity index (χ0) is 39.6. The number of allylic oxidation sites excluding steroid dienone is 1. The molecule has 55 heavy (non-hydrogen) atoms. The summed E-state index contributed by atoms with van der Waals surface area (Å²) in [6.07, 6.45) is -6.91. The summed E-state index contributed by atoms with van der Waals surface area (Å²) in [7, 11) is 3.30. The van der Waals surface area contributed by atoms with Gasteiger partial charge in [0.2, 0.25) is 0 Å². The molecule has 3 saturated carbocycles. The lowest BCUT2D eigenvalue weighted by Gasteiger charge is -2.58. The first-order valence-electron chi connectivity index (χ1n) is 19.9. The Kier molecular flexibility index (Phi) is 11.8. The molecule has 3 unspecified atom stereocenters. The first-order valence-corrected chi connectivity index (χ1v) is 19.9. The highest BCUT2D eigenvalue weighted by molar-refractivity contribution is 5.81. The van der Waals surface area contributed by atoms with Crippen LogP contribution in [0.5, 0.6) is 11.5 Å². The standard InChI is InChI=1S/C41H60O14/c1-19(44)31-25(23-9-7-21(50-4)15-28(23)51-5)16-27-24-8-6-20-14-22(10-12-40(20,2)26(24)11-13-41(27,31)3)52-38-36(49)34(47)37(30(18-43)54-38)55-39-35(48)33(46)32(45)29(17-42)53-39/h6-7,9,15,22,24-27,29-39,42-43,45-49H,8,10-14,16-18H2,1-5H3/t22-,24?,25-,26?,27?,29+,30+,31-,32-,33-,34+,35+,36+,37+,38+,39-,40-,41-/m0/s1. The van der Waals surface area contributed by atoms with E-state index in [2.05, 4.69) is 26.0 Å². The number of aliphatic hydroxyl groups is 7. The predicted molar refractivity (Wildman–Crippen MR) is 195 cm³/mol. The van der Waals surface area contributed by atoms with Gasteiger partial charge in [-0.05, 0) is 98.0 Å². The minimum absolute atomic E-state index is 0.0525. The van der Waals surface area contributed by atoms with Crippen LogP contribution in [0.4, 0.5) is 0 Å². The normalized spacial score (nSPS) is 46.9. The SMILES string of the molecule is COc1ccc([C@@H]2CC3C4CC=C5C[C@@H](O[C@@H]6O[C@H](CO)[C@@H](O[C@@H]7O[C@H](CO)[C@H](O)[C@H](O)[C@H]7O)[C@H](O)[C@H]6O)CC[C@]5(C)C4CC[C@]3(C)[C@H]2C(C)=O)c(OC)c1. The van der Waals surface area contributed by atoms with Crippen LogP contribution in [0, 0.1) is 34.5 Å². The number of hydrogen-bond donors (Lipinski definition) is 7. The molecule has 0 amide bonds. The number of aliphatic hydroxyl groups excluding tert-OH is 7. The molecule has 0 bridgehead atoms. The second-order valence-electron chi connectivity index (χ2n) is 17.3. The highest BCUT2D eigenvalue weighted by Gasteiger charge is 2.63. The topological polar surface area (TPSA) is 214 Å². The molecule has 1 aromatic carbocycles. The number of rotatable bonds is 10. The fourth-order valence-corrected chi connectivity index (χ4v) is 11.8. The molecule has 2 heterocycles. The van der Waals surface area contributed by atoms with Crippen LogP contribution in [0.15, 0.2) is 29.8 Å². The Morgan fingerprint density at radius 3 is 2.20 bits per heavy atom. The van der Waals surface area contributed by atoms with Gasteiger partial charge in [-0.3, -0.25) is 4.79 Å². The highest BCUT2D eigenvalue weighted by Crippen LogP contribution is 2.69. The Hall–Kier alpha value is -2.21. The molecule has 4 aliphatic carbocycles. The molecule has 1 aromatic rings. The van der Waals surface area contributed by atoms with Gasteiger partial charge < -0.3 is 64.2 Å². The average Bonchev–Trinajstić information content (AvgIpc) is 3.50. The molecule has 7 N–H and O–H groups in total. The Morgan fingerprint density at radius 1 is 0.836 bits per heavy atom. The molecule has 18 atom stereocenters. The van der Waals surface area contributed by atoms with Crippen molar-refractivity contribution in [2.24, 2.45) is 34.5 Å². The number of ketones is 1. The molecule has 14 nitrogen and oxygen atoms in total. The van der Waals surface area contributed by atoms with Gasteiger partial charge in [0.05, 0.1) is 33.5 Å². The highest BCUT2D eigenvalue weighted by atomic mass is 16.7. The molecule has 6 aliphatic rings. The number of carbonyl (C=O) groups is 1. The van der Waals surface area contributed by atoms with Crippen LogP contribution in [0.3, 0.4) is 0 Å². The van der Waals surface area contributed by atoms with E-state index in [9.17, 15) is 40.5 Å². The van der Waals surface area contributed by atoms with Crippen molar-refractivity contribution in [3.63, 3.8) is 0 Å². The van der Waals surface area contributed by atoms with Crippen molar-refractivity contribution in [2.75, 3.05) is 27.4 Å². The van der Waals surface area contributed by atoms with Crippen molar-refractivity contribution in [1.82, 2.24) is 0 Å². The maximum atomic E-state index is 13.5. The number of benzene rings is 1. The van der Waals surface area contributed by atoms with Crippen molar-refractivity contribution in [3.8, 4) is 11.5 Å². The molecule has 0 aromatic heterocycles. The van der Waals surface area contributed by atoms with Gasteiger partial charge in [-0.1, -0.05) is 31.6 Å². The van der Waals surface area contributed by atoms with Gasteiger partial charge in [-0.15, -0.1) is 0 Å². The van der Waals surface area contributed by atoms with E-state index in [0.29, 0.717) is 30.6 Å². The van der Waals surface area contributed by atoms with Crippen molar-refractivity contribution < 1.29 is 69.0 Å². The Bertz CT molecular complexity index is 1570. The minimum atomic E-state index is -1.74. The molecule has 308 valence electrons. The van der Waals surface area contributed by atoms with Crippen LogP contribution in [0.2, 0.25) is 0 Å². The van der Waals surface area contributed by atoms with E-state index >= 15 is 0 Å². The maximum Gasteiger partial charge on any atom is 0.187 e. The molecular weight excluding hydrogens is 716 g/mol. The third-order valence-corrected chi connectivity index (χ3v) is 14.7. The first kappa shape index (κ1) is 41.0. The number of hydrogen-bond acceptors (Lipinski definition) is 14.